The van der Waals surface area contributed by atoms with Gasteiger partial charge in [-0.2, -0.15) is 13.2 Å². The third-order valence-corrected chi connectivity index (χ3v) is 6.32. The maximum atomic E-state index is 12.7. The Morgan fingerprint density at radius 3 is 2.23 bits per heavy atom. The van der Waals surface area contributed by atoms with Gasteiger partial charge in [-0.25, -0.2) is 8.42 Å². The molecule has 0 bridgehead atoms. The van der Waals surface area contributed by atoms with E-state index in [1.165, 1.54) is 6.07 Å². The fraction of sp³-hybridized carbons (Fsp3) is 0.571. The second-order valence-corrected chi connectivity index (χ2v) is 7.68. The van der Waals surface area contributed by atoms with Gasteiger partial charge in [0.25, 0.3) is 0 Å². The van der Waals surface area contributed by atoms with Crippen LogP contribution < -0.4 is 5.73 Å². The van der Waals surface area contributed by atoms with Crippen molar-refractivity contribution in [2.45, 2.75) is 42.0 Å². The van der Waals surface area contributed by atoms with Crippen LogP contribution in [0.1, 0.15) is 31.2 Å². The Kier molecular flexibility index (Phi) is 6.29. The SMILES string of the molecule is Cl.NC[C@H]1CC[C@@H](S(=O)(=O)c2cccc(C(F)(F)F)c2)CC1. The third kappa shape index (κ3) is 4.14. The van der Waals surface area contributed by atoms with Crippen molar-refractivity contribution >= 4 is 22.2 Å². The van der Waals surface area contributed by atoms with Gasteiger partial charge in [-0.1, -0.05) is 6.07 Å². The van der Waals surface area contributed by atoms with Gasteiger partial charge < -0.3 is 5.73 Å². The van der Waals surface area contributed by atoms with Gasteiger partial charge in [0.1, 0.15) is 0 Å². The molecule has 0 aromatic heterocycles. The fourth-order valence-electron chi connectivity index (χ4n) is 2.72. The van der Waals surface area contributed by atoms with Gasteiger partial charge in [-0.05, 0) is 56.3 Å². The number of nitrogens with two attached hydrogens (primary N) is 1. The molecule has 0 unspecified atom stereocenters. The maximum absolute atomic E-state index is 12.7. The van der Waals surface area contributed by atoms with Crippen LogP contribution in [0.2, 0.25) is 0 Å². The molecule has 1 aliphatic rings. The molecule has 2 rings (SSSR count). The summed E-state index contributed by atoms with van der Waals surface area (Å²) in [4.78, 5) is -0.242. The first-order chi connectivity index (χ1) is 9.75. The predicted molar refractivity (Wildman–Crippen MR) is 80.7 cm³/mol. The van der Waals surface area contributed by atoms with E-state index in [0.717, 1.165) is 18.2 Å². The summed E-state index contributed by atoms with van der Waals surface area (Å²) in [7, 11) is -3.72. The normalized spacial score (nSPS) is 22.9. The molecule has 1 aromatic carbocycles. The fourth-order valence-corrected chi connectivity index (χ4v) is 4.56. The molecule has 3 nitrogen and oxygen atoms in total. The summed E-state index contributed by atoms with van der Waals surface area (Å²) in [5.41, 5.74) is 4.63. The van der Waals surface area contributed by atoms with E-state index in [0.29, 0.717) is 38.1 Å². The van der Waals surface area contributed by atoms with Crippen LogP contribution >= 0.6 is 12.4 Å². The molecule has 0 atom stereocenters. The first kappa shape index (κ1) is 19.3. The van der Waals surface area contributed by atoms with E-state index in [2.05, 4.69) is 0 Å². The van der Waals surface area contributed by atoms with Gasteiger partial charge in [0.2, 0.25) is 0 Å². The first-order valence-corrected chi connectivity index (χ1v) is 8.41. The molecule has 1 aliphatic carbocycles. The summed E-state index contributed by atoms with van der Waals surface area (Å²) in [6, 6.07) is 3.98. The van der Waals surface area contributed by atoms with Crippen molar-refractivity contribution in [3.8, 4) is 0 Å². The number of alkyl halides is 3. The predicted octanol–water partition coefficient (Wildman–Crippen LogP) is 3.42. The molecular weight excluding hydrogens is 339 g/mol. The molecule has 126 valence electrons. The summed E-state index contributed by atoms with van der Waals surface area (Å²) in [5, 5.41) is -0.608. The lowest BCUT2D eigenvalue weighted by molar-refractivity contribution is -0.137. The molecule has 8 heteroatoms. The number of hydrogen-bond acceptors (Lipinski definition) is 3. The van der Waals surface area contributed by atoms with Gasteiger partial charge in [0.05, 0.1) is 15.7 Å². The van der Waals surface area contributed by atoms with Crippen molar-refractivity contribution in [1.82, 2.24) is 0 Å². The van der Waals surface area contributed by atoms with Crippen LogP contribution in [0, 0.1) is 5.92 Å². The lowest BCUT2D eigenvalue weighted by Gasteiger charge is -2.27. The van der Waals surface area contributed by atoms with Crippen molar-refractivity contribution in [1.29, 1.82) is 0 Å². The minimum absolute atomic E-state index is 0. The van der Waals surface area contributed by atoms with Gasteiger partial charge in [-0.15, -0.1) is 12.4 Å². The van der Waals surface area contributed by atoms with E-state index in [1.807, 2.05) is 0 Å². The molecule has 0 spiro atoms. The number of halogens is 4. The second kappa shape index (κ2) is 7.19. The highest BCUT2D eigenvalue weighted by molar-refractivity contribution is 7.92. The third-order valence-electron chi connectivity index (χ3n) is 4.06. The van der Waals surface area contributed by atoms with E-state index in [4.69, 9.17) is 5.73 Å². The Bertz CT molecular complexity index is 596. The molecule has 0 aliphatic heterocycles. The number of rotatable bonds is 3. The van der Waals surface area contributed by atoms with Crippen LogP contribution in [-0.2, 0) is 16.0 Å². The summed E-state index contributed by atoms with van der Waals surface area (Å²) < 4.78 is 63.0. The molecule has 0 amide bonds. The topological polar surface area (TPSA) is 60.2 Å². The van der Waals surface area contributed by atoms with Crippen LogP contribution in [0.25, 0.3) is 0 Å². The molecule has 0 radical (unpaired) electrons. The quantitative estimate of drug-likeness (QED) is 0.901. The Balaban J connectivity index is 0.00000242. The van der Waals surface area contributed by atoms with E-state index in [9.17, 15) is 21.6 Å². The number of sulfone groups is 1. The standard InChI is InChI=1S/C14H18F3NO2S.ClH/c15-14(16,17)11-2-1-3-13(8-11)21(19,20)12-6-4-10(9-18)5-7-12;/h1-3,8,10,12H,4-7,9,18H2;1H/t10-,12+;. The molecule has 22 heavy (non-hydrogen) atoms. The smallest absolute Gasteiger partial charge is 0.330 e. The zero-order valence-electron chi connectivity index (χ0n) is 11.8. The largest absolute Gasteiger partial charge is 0.416 e. The Morgan fingerprint density at radius 2 is 1.73 bits per heavy atom. The number of hydrogen-bond donors (Lipinski definition) is 1. The first-order valence-electron chi connectivity index (χ1n) is 6.86. The van der Waals surface area contributed by atoms with Crippen molar-refractivity contribution < 1.29 is 21.6 Å². The highest BCUT2D eigenvalue weighted by atomic mass is 35.5. The van der Waals surface area contributed by atoms with E-state index >= 15 is 0 Å². The maximum Gasteiger partial charge on any atom is 0.416 e. The van der Waals surface area contributed by atoms with Gasteiger partial charge in [-0.3, -0.25) is 0 Å². The van der Waals surface area contributed by atoms with Crippen molar-refractivity contribution in [2.75, 3.05) is 6.54 Å². The van der Waals surface area contributed by atoms with E-state index in [1.54, 1.807) is 0 Å². The van der Waals surface area contributed by atoms with Gasteiger partial charge >= 0.3 is 6.18 Å². The highest BCUT2D eigenvalue weighted by Gasteiger charge is 2.35. The molecule has 1 fully saturated rings. The summed E-state index contributed by atoms with van der Waals surface area (Å²) in [5.74, 6) is 0.318. The van der Waals surface area contributed by atoms with E-state index < -0.39 is 26.8 Å². The summed E-state index contributed by atoms with van der Waals surface area (Å²) in [6.07, 6.45) is -2.21. The molecule has 0 heterocycles. The minimum atomic E-state index is -4.54. The zero-order chi connectivity index (χ0) is 15.7. The molecular formula is C14H19ClF3NO2S. The Morgan fingerprint density at radius 1 is 1.14 bits per heavy atom. The summed E-state index contributed by atoms with van der Waals surface area (Å²) >= 11 is 0. The number of benzene rings is 1. The zero-order valence-corrected chi connectivity index (χ0v) is 13.5. The van der Waals surface area contributed by atoms with Gasteiger partial charge in [0.15, 0.2) is 9.84 Å². The highest BCUT2D eigenvalue weighted by Crippen LogP contribution is 2.34. The minimum Gasteiger partial charge on any atom is -0.330 e. The Labute approximate surface area is 134 Å². The van der Waals surface area contributed by atoms with Crippen molar-refractivity contribution in [3.63, 3.8) is 0 Å². The Hall–Kier alpha value is -0.790. The molecule has 1 saturated carbocycles. The van der Waals surface area contributed by atoms with Crippen LogP contribution in [0.15, 0.2) is 29.2 Å². The molecule has 1 aromatic rings. The van der Waals surface area contributed by atoms with Crippen LogP contribution in [-0.4, -0.2) is 20.2 Å². The monoisotopic (exact) mass is 357 g/mol. The van der Waals surface area contributed by atoms with Gasteiger partial charge in [0, 0.05) is 0 Å². The van der Waals surface area contributed by atoms with Crippen LogP contribution in [0.5, 0.6) is 0 Å². The van der Waals surface area contributed by atoms with Crippen molar-refractivity contribution in [2.24, 2.45) is 11.7 Å². The second-order valence-electron chi connectivity index (χ2n) is 5.45. The average molecular weight is 358 g/mol. The molecule has 0 saturated heterocycles. The average Bonchev–Trinajstić information content (AvgIpc) is 2.46. The van der Waals surface area contributed by atoms with Crippen LogP contribution in [0.4, 0.5) is 13.2 Å². The molecule has 2 N–H and O–H groups in total. The van der Waals surface area contributed by atoms with Crippen LogP contribution in [0.3, 0.4) is 0 Å². The van der Waals surface area contributed by atoms with E-state index in [-0.39, 0.29) is 17.3 Å². The lowest BCUT2D eigenvalue weighted by atomic mass is 9.89. The lowest BCUT2D eigenvalue weighted by Crippen LogP contribution is -2.30. The summed E-state index contributed by atoms with van der Waals surface area (Å²) in [6.45, 7) is 0.524. The van der Waals surface area contributed by atoms with Crippen molar-refractivity contribution in [3.05, 3.63) is 29.8 Å².